The predicted molar refractivity (Wildman–Crippen MR) is 113 cm³/mol. The Morgan fingerprint density at radius 2 is 0.821 bits per heavy atom. The van der Waals surface area contributed by atoms with E-state index in [2.05, 4.69) is 18.5 Å². The van der Waals surface area contributed by atoms with Crippen LogP contribution in [0.2, 0.25) is 0 Å². The van der Waals surface area contributed by atoms with Gasteiger partial charge in [-0.15, -0.1) is 0 Å². The number of ether oxygens (including phenoxy) is 2. The van der Waals surface area contributed by atoms with E-state index in [-0.39, 0.29) is 0 Å². The summed E-state index contributed by atoms with van der Waals surface area (Å²) in [6, 6.07) is 0. The number of aliphatic hydroxyl groups is 2. The summed E-state index contributed by atoms with van der Waals surface area (Å²) < 4.78 is 21.0. The van der Waals surface area contributed by atoms with Crippen molar-refractivity contribution in [3.8, 4) is 0 Å². The van der Waals surface area contributed by atoms with Gasteiger partial charge in [0.05, 0.1) is 0 Å². The Kier molecular flexibility index (Phi) is 13.6. The second-order valence-corrected chi connectivity index (χ2v) is 14.6. The lowest BCUT2D eigenvalue weighted by Gasteiger charge is -2.27. The Morgan fingerprint density at radius 3 is 1.00 bits per heavy atom. The molecule has 0 amide bonds. The van der Waals surface area contributed by atoms with Gasteiger partial charge >= 0.3 is 8.25 Å². The molecule has 4 unspecified atom stereocenters. The minimum absolute atomic E-state index is 2.14. The lowest BCUT2D eigenvalue weighted by Crippen LogP contribution is -2.41. The molecule has 0 aromatic heterocycles. The molecule has 0 aliphatic heterocycles. The normalized spacial score (nSPS) is 19.1. The van der Waals surface area contributed by atoms with E-state index in [4.69, 9.17) is 139 Å². The first-order valence-corrected chi connectivity index (χ1v) is 11.5. The molecule has 2 N–H and O–H groups in total. The molecular weight excluding hydrogens is 664 g/mol. The van der Waals surface area contributed by atoms with E-state index >= 15 is 0 Å². The molecule has 0 fully saturated rings. The summed E-state index contributed by atoms with van der Waals surface area (Å²) in [7, 11) is -3.41. The van der Waals surface area contributed by atoms with E-state index in [0.29, 0.717) is 0 Å². The zero-order chi connectivity index (χ0) is 22.7. The van der Waals surface area contributed by atoms with Crippen molar-refractivity contribution in [1.82, 2.24) is 0 Å². The monoisotopic (exact) mass is 665 g/mol. The molecular formula is C8H6Cl12O7P+. The van der Waals surface area contributed by atoms with E-state index in [1.165, 1.54) is 0 Å². The molecule has 0 rings (SSSR count). The maximum atomic E-state index is 12.1. The van der Waals surface area contributed by atoms with Crippen LogP contribution in [-0.2, 0) is 23.1 Å². The quantitative estimate of drug-likeness (QED) is 0.174. The van der Waals surface area contributed by atoms with Crippen molar-refractivity contribution in [2.24, 2.45) is 0 Å². The number of aliphatic hydroxyl groups excluding tert-OH is 2. The van der Waals surface area contributed by atoms with Crippen LogP contribution >= 0.6 is 147 Å². The van der Waals surface area contributed by atoms with Crippen LogP contribution in [0, 0.1) is 0 Å². The number of alkyl halides is 12. The van der Waals surface area contributed by atoms with Crippen molar-refractivity contribution < 1.29 is 33.3 Å². The van der Waals surface area contributed by atoms with E-state index in [0.717, 1.165) is 0 Å². The molecule has 0 saturated carbocycles. The van der Waals surface area contributed by atoms with Crippen molar-refractivity contribution in [3.63, 3.8) is 0 Å². The van der Waals surface area contributed by atoms with Crippen molar-refractivity contribution in [3.05, 3.63) is 0 Å². The average molecular weight is 671 g/mol. The minimum Gasteiger partial charge on any atom is -0.364 e. The van der Waals surface area contributed by atoms with E-state index in [9.17, 15) is 14.8 Å². The molecule has 0 aromatic rings. The molecule has 20 heteroatoms. The predicted octanol–water partition coefficient (Wildman–Crippen LogP) is 6.48. The number of rotatable bonds is 8. The van der Waals surface area contributed by atoms with Gasteiger partial charge in [0.25, 0.3) is 12.6 Å². The fourth-order valence-electron chi connectivity index (χ4n) is 0.893. The molecule has 7 nitrogen and oxygen atoms in total. The summed E-state index contributed by atoms with van der Waals surface area (Å²) in [5, 5.41) is 19.2. The maximum absolute atomic E-state index is 12.1. The van der Waals surface area contributed by atoms with Crippen LogP contribution in [0.4, 0.5) is 0 Å². The molecule has 0 bridgehead atoms. The van der Waals surface area contributed by atoms with Crippen LogP contribution < -0.4 is 0 Å². The molecule has 28 heavy (non-hydrogen) atoms. The molecule has 0 saturated heterocycles. The summed E-state index contributed by atoms with van der Waals surface area (Å²) >= 11 is 65.7. The summed E-state index contributed by atoms with van der Waals surface area (Å²) in [5.74, 6) is 0. The van der Waals surface area contributed by atoms with Crippen LogP contribution in [0.1, 0.15) is 0 Å². The van der Waals surface area contributed by atoms with Crippen molar-refractivity contribution >= 4 is 147 Å². The van der Waals surface area contributed by atoms with Crippen LogP contribution in [0.25, 0.3) is 0 Å². The third-order valence-corrected chi connectivity index (χ3v) is 4.88. The third-order valence-electron chi connectivity index (χ3n) is 1.96. The molecule has 0 spiro atoms. The number of halogens is 12. The van der Waals surface area contributed by atoms with E-state index < -0.39 is 48.6 Å². The molecule has 4 atom stereocenters. The van der Waals surface area contributed by atoms with Gasteiger partial charge in [-0.05, 0) is 0 Å². The minimum atomic E-state index is -3.41. The molecule has 168 valence electrons. The Hall–Kier alpha value is 3.34. The van der Waals surface area contributed by atoms with Crippen LogP contribution in [0.15, 0.2) is 0 Å². The van der Waals surface area contributed by atoms with Gasteiger partial charge in [0.15, 0.2) is 0 Å². The lowest BCUT2D eigenvalue weighted by molar-refractivity contribution is -0.208. The smallest absolute Gasteiger partial charge is 0.364 e. The standard InChI is InChI=1S/C8H6Cl12O7P/c9-5(10,11)1(21)24-3(7(15,16)17)26-28(23)27-4(8(18,19)20)25-2(22)6(12,13)14/h1-4,21-22H/q+1. The summed E-state index contributed by atoms with van der Waals surface area (Å²) in [4.78, 5) is 0. The highest BCUT2D eigenvalue weighted by molar-refractivity contribution is 7.33. The molecule has 0 heterocycles. The van der Waals surface area contributed by atoms with Crippen molar-refractivity contribution in [2.75, 3.05) is 0 Å². The molecule has 0 aromatic carbocycles. The first-order valence-electron chi connectivity index (χ1n) is 5.90. The van der Waals surface area contributed by atoms with E-state index in [1.807, 2.05) is 0 Å². The van der Waals surface area contributed by atoms with Crippen LogP contribution in [0.3, 0.4) is 0 Å². The zero-order valence-corrected chi connectivity index (χ0v) is 22.2. The van der Waals surface area contributed by atoms with Gasteiger partial charge in [-0.2, -0.15) is 0 Å². The van der Waals surface area contributed by atoms with Gasteiger partial charge in [0.1, 0.15) is 0 Å². The highest BCUT2D eigenvalue weighted by Crippen LogP contribution is 2.45. The van der Waals surface area contributed by atoms with Gasteiger partial charge in [-0.25, -0.2) is 0 Å². The highest BCUT2D eigenvalue weighted by atomic mass is 35.6. The van der Waals surface area contributed by atoms with Crippen molar-refractivity contribution in [1.29, 1.82) is 0 Å². The van der Waals surface area contributed by atoms with Crippen LogP contribution in [0.5, 0.6) is 0 Å². The average Bonchev–Trinajstić information content (AvgIpc) is 2.41. The Morgan fingerprint density at radius 1 is 0.571 bits per heavy atom. The lowest BCUT2D eigenvalue weighted by atomic mass is 10.6. The summed E-state index contributed by atoms with van der Waals surface area (Å²) in [6.45, 7) is 0. The number of hydrogen-bond acceptors (Lipinski definition) is 7. The fraction of sp³-hybridized carbons (Fsp3) is 1.00. The topological polar surface area (TPSA) is 94.5 Å². The van der Waals surface area contributed by atoms with Gasteiger partial charge in [0, 0.05) is 4.57 Å². The second-order valence-electron chi connectivity index (χ2n) is 4.24. The molecule has 0 radical (unpaired) electrons. The molecule has 0 aliphatic rings. The number of hydrogen-bond donors (Lipinski definition) is 2. The second kappa shape index (κ2) is 12.2. The highest BCUT2D eigenvalue weighted by Gasteiger charge is 2.51. The SMILES string of the molecule is O=[P+](OC(OC(O)C(Cl)(Cl)Cl)C(Cl)(Cl)Cl)OC(OC(O)C(Cl)(Cl)Cl)C(Cl)(Cl)Cl. The third kappa shape index (κ3) is 12.5. The maximum Gasteiger partial charge on any atom is 0.703 e. The first-order chi connectivity index (χ1) is 12.2. The Balaban J connectivity index is 5.27. The zero-order valence-electron chi connectivity index (χ0n) is 12.2. The van der Waals surface area contributed by atoms with Crippen molar-refractivity contribution in [2.45, 2.75) is 40.3 Å². The van der Waals surface area contributed by atoms with E-state index in [1.54, 1.807) is 0 Å². The first kappa shape index (κ1) is 31.3. The van der Waals surface area contributed by atoms with Gasteiger partial charge in [0.2, 0.25) is 27.8 Å². The van der Waals surface area contributed by atoms with Gasteiger partial charge < -0.3 is 19.7 Å². The molecule has 0 aliphatic carbocycles. The summed E-state index contributed by atoms with van der Waals surface area (Å²) in [6.07, 6.45) is -8.68. The Labute approximate surface area is 219 Å². The van der Waals surface area contributed by atoms with Crippen LogP contribution in [-0.4, -0.2) is 50.5 Å². The Bertz CT molecular complexity index is 470. The van der Waals surface area contributed by atoms with Gasteiger partial charge in [-0.1, -0.05) is 148 Å². The summed E-state index contributed by atoms with van der Waals surface area (Å²) in [5.41, 5.74) is 0. The fourth-order valence-corrected chi connectivity index (χ4v) is 2.93. The van der Waals surface area contributed by atoms with Gasteiger partial charge in [-0.3, -0.25) is 0 Å². The largest absolute Gasteiger partial charge is 0.703 e.